The highest BCUT2D eigenvalue weighted by Crippen LogP contribution is 2.39. The minimum atomic E-state index is -0.0765. The Morgan fingerprint density at radius 2 is 1.70 bits per heavy atom. The van der Waals surface area contributed by atoms with Crippen molar-refractivity contribution in [3.8, 4) is 28.4 Å². The average Bonchev–Trinajstić information content (AvgIpc) is 2.53. The molecular weight excluding hydrogens is 256 g/mol. The van der Waals surface area contributed by atoms with Crippen LogP contribution in [0.3, 0.4) is 0 Å². The van der Waals surface area contributed by atoms with Gasteiger partial charge in [0.2, 0.25) is 0 Å². The molecule has 0 aliphatic rings. The largest absolute Gasteiger partial charge is 0.497 e. The van der Waals surface area contributed by atoms with E-state index in [1.807, 2.05) is 36.4 Å². The first-order valence-electron chi connectivity index (χ1n) is 6.24. The SMILES string of the molecule is COc1ccc(-c2cccc(OC)c2OC)c(CO)c1. The molecule has 2 rings (SSSR count). The maximum absolute atomic E-state index is 9.56. The van der Waals surface area contributed by atoms with E-state index in [1.165, 1.54) is 0 Å². The monoisotopic (exact) mass is 274 g/mol. The first-order valence-corrected chi connectivity index (χ1v) is 6.24. The fourth-order valence-electron chi connectivity index (χ4n) is 2.19. The zero-order valence-electron chi connectivity index (χ0n) is 11.8. The Bertz CT molecular complexity index is 593. The second kappa shape index (κ2) is 6.30. The summed E-state index contributed by atoms with van der Waals surface area (Å²) in [5.41, 5.74) is 2.54. The quantitative estimate of drug-likeness (QED) is 0.910. The molecule has 0 bridgehead atoms. The lowest BCUT2D eigenvalue weighted by atomic mass is 9.98. The van der Waals surface area contributed by atoms with Gasteiger partial charge in [0.15, 0.2) is 11.5 Å². The van der Waals surface area contributed by atoms with E-state index < -0.39 is 0 Å². The molecule has 0 unspecified atom stereocenters. The van der Waals surface area contributed by atoms with Crippen LogP contribution in [0.15, 0.2) is 36.4 Å². The van der Waals surface area contributed by atoms with Crippen molar-refractivity contribution in [2.75, 3.05) is 21.3 Å². The Morgan fingerprint density at radius 3 is 2.30 bits per heavy atom. The number of aliphatic hydroxyl groups excluding tert-OH is 1. The van der Waals surface area contributed by atoms with Gasteiger partial charge in [0.05, 0.1) is 27.9 Å². The number of ether oxygens (including phenoxy) is 3. The molecule has 4 nitrogen and oxygen atoms in total. The highest BCUT2D eigenvalue weighted by Gasteiger charge is 2.14. The predicted molar refractivity (Wildman–Crippen MR) is 77.5 cm³/mol. The Morgan fingerprint density at radius 1 is 0.900 bits per heavy atom. The van der Waals surface area contributed by atoms with E-state index in [0.717, 1.165) is 16.7 Å². The second-order valence-electron chi connectivity index (χ2n) is 4.22. The molecule has 0 aliphatic heterocycles. The average molecular weight is 274 g/mol. The van der Waals surface area contributed by atoms with Crippen LogP contribution >= 0.6 is 0 Å². The molecule has 2 aromatic rings. The molecular formula is C16H18O4. The van der Waals surface area contributed by atoms with Gasteiger partial charge in [0.25, 0.3) is 0 Å². The minimum Gasteiger partial charge on any atom is -0.497 e. The molecule has 4 heteroatoms. The summed E-state index contributed by atoms with van der Waals surface area (Å²) in [6.07, 6.45) is 0. The summed E-state index contributed by atoms with van der Waals surface area (Å²) in [6.45, 7) is -0.0765. The molecule has 106 valence electrons. The molecule has 0 amide bonds. The van der Waals surface area contributed by atoms with Crippen molar-refractivity contribution in [1.29, 1.82) is 0 Å². The van der Waals surface area contributed by atoms with Crippen LogP contribution in [0.5, 0.6) is 17.2 Å². The molecule has 2 aromatic carbocycles. The van der Waals surface area contributed by atoms with E-state index in [4.69, 9.17) is 14.2 Å². The minimum absolute atomic E-state index is 0.0765. The summed E-state index contributed by atoms with van der Waals surface area (Å²) in [5.74, 6) is 2.01. The summed E-state index contributed by atoms with van der Waals surface area (Å²) < 4.78 is 15.9. The number of rotatable bonds is 5. The third-order valence-corrected chi connectivity index (χ3v) is 3.18. The first kappa shape index (κ1) is 14.2. The van der Waals surface area contributed by atoms with Crippen molar-refractivity contribution >= 4 is 0 Å². The number of hydrogen-bond donors (Lipinski definition) is 1. The van der Waals surface area contributed by atoms with Crippen molar-refractivity contribution in [1.82, 2.24) is 0 Å². The maximum atomic E-state index is 9.56. The number of methoxy groups -OCH3 is 3. The van der Waals surface area contributed by atoms with E-state index in [-0.39, 0.29) is 6.61 Å². The number of hydrogen-bond acceptors (Lipinski definition) is 4. The van der Waals surface area contributed by atoms with E-state index >= 15 is 0 Å². The summed E-state index contributed by atoms with van der Waals surface area (Å²) in [4.78, 5) is 0. The van der Waals surface area contributed by atoms with Crippen LogP contribution in [0.2, 0.25) is 0 Å². The van der Waals surface area contributed by atoms with Crippen molar-refractivity contribution in [3.05, 3.63) is 42.0 Å². The van der Waals surface area contributed by atoms with Crippen LogP contribution < -0.4 is 14.2 Å². The predicted octanol–water partition coefficient (Wildman–Crippen LogP) is 2.87. The Labute approximate surface area is 118 Å². The van der Waals surface area contributed by atoms with Crippen LogP contribution in [0, 0.1) is 0 Å². The Balaban J connectivity index is 2.62. The highest BCUT2D eigenvalue weighted by atomic mass is 16.5. The van der Waals surface area contributed by atoms with E-state index in [0.29, 0.717) is 17.2 Å². The van der Waals surface area contributed by atoms with Crippen molar-refractivity contribution in [2.45, 2.75) is 6.61 Å². The van der Waals surface area contributed by atoms with Gasteiger partial charge in [-0.3, -0.25) is 0 Å². The molecule has 20 heavy (non-hydrogen) atoms. The standard InChI is InChI=1S/C16H18O4/c1-18-12-7-8-13(11(9-12)10-17)14-5-4-6-15(19-2)16(14)20-3/h4-9,17H,10H2,1-3H3. The molecule has 0 atom stereocenters. The third kappa shape index (κ3) is 2.56. The van der Waals surface area contributed by atoms with E-state index in [2.05, 4.69) is 0 Å². The van der Waals surface area contributed by atoms with Crippen molar-refractivity contribution < 1.29 is 19.3 Å². The summed E-state index contributed by atoms with van der Waals surface area (Å²) in [7, 11) is 4.80. The molecule has 0 saturated heterocycles. The lowest BCUT2D eigenvalue weighted by Gasteiger charge is -2.15. The number of aliphatic hydroxyl groups is 1. The van der Waals surface area contributed by atoms with Crippen LogP contribution in [0.4, 0.5) is 0 Å². The number of benzene rings is 2. The Hall–Kier alpha value is -2.20. The van der Waals surface area contributed by atoms with Crippen LogP contribution in [0.1, 0.15) is 5.56 Å². The van der Waals surface area contributed by atoms with Gasteiger partial charge in [-0.1, -0.05) is 18.2 Å². The molecule has 0 radical (unpaired) electrons. The van der Waals surface area contributed by atoms with Crippen molar-refractivity contribution in [3.63, 3.8) is 0 Å². The molecule has 0 spiro atoms. The molecule has 1 N–H and O–H groups in total. The number of para-hydroxylation sites is 1. The molecule has 0 heterocycles. The maximum Gasteiger partial charge on any atom is 0.168 e. The van der Waals surface area contributed by atoms with Gasteiger partial charge < -0.3 is 19.3 Å². The van der Waals surface area contributed by atoms with Gasteiger partial charge in [0, 0.05) is 5.56 Å². The van der Waals surface area contributed by atoms with Gasteiger partial charge in [-0.25, -0.2) is 0 Å². The van der Waals surface area contributed by atoms with E-state index in [1.54, 1.807) is 21.3 Å². The summed E-state index contributed by atoms with van der Waals surface area (Å²) >= 11 is 0. The molecule has 0 aliphatic carbocycles. The molecule has 0 aromatic heterocycles. The van der Waals surface area contributed by atoms with Gasteiger partial charge in [-0.2, -0.15) is 0 Å². The summed E-state index contributed by atoms with van der Waals surface area (Å²) in [6, 6.07) is 11.2. The van der Waals surface area contributed by atoms with E-state index in [9.17, 15) is 5.11 Å². The lowest BCUT2D eigenvalue weighted by molar-refractivity contribution is 0.281. The van der Waals surface area contributed by atoms with Crippen molar-refractivity contribution in [2.24, 2.45) is 0 Å². The zero-order valence-corrected chi connectivity index (χ0v) is 11.8. The van der Waals surface area contributed by atoms with Crippen LogP contribution in [0.25, 0.3) is 11.1 Å². The fraction of sp³-hybridized carbons (Fsp3) is 0.250. The van der Waals surface area contributed by atoms with Gasteiger partial charge in [0.1, 0.15) is 5.75 Å². The van der Waals surface area contributed by atoms with Gasteiger partial charge in [-0.05, 0) is 29.3 Å². The smallest absolute Gasteiger partial charge is 0.168 e. The Kier molecular flexibility index (Phi) is 4.48. The lowest BCUT2D eigenvalue weighted by Crippen LogP contribution is -1.96. The molecule has 0 saturated carbocycles. The third-order valence-electron chi connectivity index (χ3n) is 3.18. The van der Waals surface area contributed by atoms with Crippen LogP contribution in [-0.2, 0) is 6.61 Å². The highest BCUT2D eigenvalue weighted by molar-refractivity contribution is 5.76. The second-order valence-corrected chi connectivity index (χ2v) is 4.22. The van der Waals surface area contributed by atoms with Gasteiger partial charge in [-0.15, -0.1) is 0 Å². The topological polar surface area (TPSA) is 47.9 Å². The first-order chi connectivity index (χ1) is 9.74. The normalized spacial score (nSPS) is 10.2. The summed E-state index contributed by atoms with van der Waals surface area (Å²) in [5, 5.41) is 9.56. The zero-order chi connectivity index (χ0) is 14.5. The van der Waals surface area contributed by atoms with Crippen LogP contribution in [-0.4, -0.2) is 26.4 Å². The van der Waals surface area contributed by atoms with Gasteiger partial charge >= 0.3 is 0 Å². The molecule has 0 fully saturated rings. The fourth-order valence-corrected chi connectivity index (χ4v) is 2.19.